The van der Waals surface area contributed by atoms with Crippen LogP contribution < -0.4 is 4.72 Å². The number of nitrogens with zero attached hydrogens (tertiary/aromatic N) is 1. The molecule has 0 aliphatic carbocycles. The van der Waals surface area contributed by atoms with Gasteiger partial charge in [-0.2, -0.15) is 5.10 Å². The van der Waals surface area contributed by atoms with Crippen LogP contribution in [-0.2, 0) is 10.0 Å². The Morgan fingerprint density at radius 1 is 1.28 bits per heavy atom. The number of nitrogens with one attached hydrogen (secondary N) is 2. The van der Waals surface area contributed by atoms with E-state index in [2.05, 4.69) is 30.8 Å². The van der Waals surface area contributed by atoms with Crippen molar-refractivity contribution in [2.45, 2.75) is 11.1 Å². The number of H-pyrrole nitrogens is 1. The van der Waals surface area contributed by atoms with Gasteiger partial charge in [0.25, 0.3) is 10.0 Å². The number of hydrogen-bond acceptors (Lipinski definition) is 3. The van der Waals surface area contributed by atoms with Crippen LogP contribution in [0.5, 0.6) is 0 Å². The van der Waals surface area contributed by atoms with Crippen LogP contribution in [0.1, 0.15) is 11.6 Å². The van der Waals surface area contributed by atoms with Crippen LogP contribution in [0.15, 0.2) is 47.6 Å². The minimum atomic E-state index is -3.57. The lowest BCUT2D eigenvalue weighted by atomic mass is 10.1. The monoisotopic (exact) mass is 329 g/mol. The van der Waals surface area contributed by atoms with Gasteiger partial charge in [-0.1, -0.05) is 46.3 Å². The van der Waals surface area contributed by atoms with Crippen molar-refractivity contribution in [2.75, 3.05) is 5.33 Å². The molecule has 1 unspecified atom stereocenters. The van der Waals surface area contributed by atoms with Crippen LogP contribution in [0, 0.1) is 0 Å². The molecule has 5 nitrogen and oxygen atoms in total. The summed E-state index contributed by atoms with van der Waals surface area (Å²) >= 11 is 3.32. The van der Waals surface area contributed by atoms with Gasteiger partial charge in [-0.25, -0.2) is 13.1 Å². The van der Waals surface area contributed by atoms with Crippen LogP contribution in [0.3, 0.4) is 0 Å². The van der Waals surface area contributed by atoms with Crippen molar-refractivity contribution in [3.63, 3.8) is 0 Å². The molecule has 0 bridgehead atoms. The first kappa shape index (κ1) is 13.3. The minimum absolute atomic E-state index is 0.0596. The molecule has 2 N–H and O–H groups in total. The summed E-state index contributed by atoms with van der Waals surface area (Å²) < 4.78 is 26.7. The third-order valence-electron chi connectivity index (χ3n) is 2.42. The average Bonchev–Trinajstić information content (AvgIpc) is 2.92. The maximum atomic E-state index is 12.0. The van der Waals surface area contributed by atoms with Gasteiger partial charge in [-0.3, -0.25) is 5.10 Å². The fourth-order valence-corrected chi connectivity index (χ4v) is 3.40. The zero-order chi connectivity index (χ0) is 13.0. The average molecular weight is 330 g/mol. The second-order valence-corrected chi connectivity index (χ2v) is 5.99. The normalized spacial score (nSPS) is 13.4. The maximum Gasteiger partial charge on any atom is 0.258 e. The van der Waals surface area contributed by atoms with Crippen LogP contribution in [0.4, 0.5) is 0 Å². The van der Waals surface area contributed by atoms with Crippen LogP contribution in [-0.4, -0.2) is 23.9 Å². The van der Waals surface area contributed by atoms with E-state index in [0.29, 0.717) is 5.33 Å². The lowest BCUT2D eigenvalue weighted by molar-refractivity contribution is 0.564. The molecule has 0 aliphatic heterocycles. The molecule has 18 heavy (non-hydrogen) atoms. The van der Waals surface area contributed by atoms with Crippen molar-refractivity contribution < 1.29 is 8.42 Å². The Kier molecular flexibility index (Phi) is 4.15. The van der Waals surface area contributed by atoms with E-state index >= 15 is 0 Å². The Labute approximate surface area is 114 Å². The zero-order valence-corrected chi connectivity index (χ0v) is 11.8. The predicted molar refractivity (Wildman–Crippen MR) is 71.9 cm³/mol. The van der Waals surface area contributed by atoms with Gasteiger partial charge in [0, 0.05) is 5.33 Å². The molecular weight excluding hydrogens is 318 g/mol. The van der Waals surface area contributed by atoms with Crippen molar-refractivity contribution in [3.05, 3.63) is 48.2 Å². The van der Waals surface area contributed by atoms with Crippen molar-refractivity contribution in [1.82, 2.24) is 14.9 Å². The summed E-state index contributed by atoms with van der Waals surface area (Å²) in [5, 5.41) is 6.63. The molecule has 1 aromatic heterocycles. The summed E-state index contributed by atoms with van der Waals surface area (Å²) in [6.07, 6.45) is 1.40. The summed E-state index contributed by atoms with van der Waals surface area (Å²) in [4.78, 5) is 0. The molecule has 2 aromatic rings. The second-order valence-electron chi connectivity index (χ2n) is 3.66. The molecular formula is C11H12BrN3O2S. The molecule has 0 spiro atoms. The largest absolute Gasteiger partial charge is 0.266 e. The number of alkyl halides is 1. The number of rotatable bonds is 5. The van der Waals surface area contributed by atoms with E-state index in [-0.39, 0.29) is 11.1 Å². The van der Waals surface area contributed by atoms with Gasteiger partial charge in [0.2, 0.25) is 0 Å². The van der Waals surface area contributed by atoms with E-state index in [9.17, 15) is 8.42 Å². The molecule has 0 amide bonds. The number of benzene rings is 1. The van der Waals surface area contributed by atoms with Crippen molar-refractivity contribution in [1.29, 1.82) is 0 Å². The minimum Gasteiger partial charge on any atom is -0.266 e. The predicted octanol–water partition coefficient (Wildman–Crippen LogP) is 1.82. The van der Waals surface area contributed by atoms with E-state index in [1.807, 2.05) is 30.3 Å². The summed E-state index contributed by atoms with van der Waals surface area (Å²) in [6, 6.07) is 10.5. The quantitative estimate of drug-likeness (QED) is 0.821. The van der Waals surface area contributed by atoms with Gasteiger partial charge in [0.05, 0.1) is 12.2 Å². The number of aromatic amines is 1. The van der Waals surface area contributed by atoms with E-state index < -0.39 is 10.0 Å². The topological polar surface area (TPSA) is 74.8 Å². The van der Waals surface area contributed by atoms with E-state index in [1.165, 1.54) is 12.3 Å². The first-order chi connectivity index (χ1) is 8.63. The molecule has 0 saturated heterocycles. The Bertz CT molecular complexity index is 584. The molecule has 1 heterocycles. The molecule has 0 radical (unpaired) electrons. The highest BCUT2D eigenvalue weighted by molar-refractivity contribution is 9.09. The number of hydrogen-bond donors (Lipinski definition) is 2. The highest BCUT2D eigenvalue weighted by atomic mass is 79.9. The van der Waals surface area contributed by atoms with Crippen molar-refractivity contribution in [3.8, 4) is 0 Å². The third-order valence-corrected chi connectivity index (χ3v) is 4.47. The SMILES string of the molecule is O=S(=O)(NC(CBr)c1ccccc1)c1ccn[nH]1. The molecule has 1 aromatic carbocycles. The molecule has 0 saturated carbocycles. The molecule has 2 rings (SSSR count). The Balaban J connectivity index is 2.22. The lowest BCUT2D eigenvalue weighted by Gasteiger charge is -2.15. The fraction of sp³-hybridized carbons (Fsp3) is 0.182. The molecule has 96 valence electrons. The van der Waals surface area contributed by atoms with Gasteiger partial charge in [0.15, 0.2) is 5.03 Å². The van der Waals surface area contributed by atoms with Gasteiger partial charge < -0.3 is 0 Å². The highest BCUT2D eigenvalue weighted by Gasteiger charge is 2.21. The summed E-state index contributed by atoms with van der Waals surface area (Å²) in [6.45, 7) is 0. The smallest absolute Gasteiger partial charge is 0.258 e. The molecule has 1 atom stereocenters. The number of halogens is 1. The number of sulfonamides is 1. The van der Waals surface area contributed by atoms with Crippen LogP contribution in [0.25, 0.3) is 0 Å². The Hall–Kier alpha value is -1.18. The summed E-state index contributed by atoms with van der Waals surface area (Å²) in [5.74, 6) is 0. The van der Waals surface area contributed by atoms with E-state index in [4.69, 9.17) is 0 Å². The zero-order valence-electron chi connectivity index (χ0n) is 9.38. The molecule has 0 aliphatic rings. The van der Waals surface area contributed by atoms with Crippen molar-refractivity contribution >= 4 is 26.0 Å². The maximum absolute atomic E-state index is 12.0. The second kappa shape index (κ2) is 5.64. The van der Waals surface area contributed by atoms with Gasteiger partial charge in [-0.05, 0) is 11.6 Å². The van der Waals surface area contributed by atoms with E-state index in [1.54, 1.807) is 0 Å². The molecule has 0 fully saturated rings. The Morgan fingerprint density at radius 3 is 2.56 bits per heavy atom. The highest BCUT2D eigenvalue weighted by Crippen LogP contribution is 2.18. The van der Waals surface area contributed by atoms with Gasteiger partial charge in [-0.15, -0.1) is 0 Å². The summed E-state index contributed by atoms with van der Waals surface area (Å²) in [5.41, 5.74) is 0.900. The van der Waals surface area contributed by atoms with Crippen molar-refractivity contribution in [2.24, 2.45) is 0 Å². The van der Waals surface area contributed by atoms with E-state index in [0.717, 1.165) is 5.56 Å². The standard InChI is InChI=1S/C11H12BrN3O2S/c12-8-10(9-4-2-1-3-5-9)15-18(16,17)11-6-7-13-14-11/h1-7,10,15H,8H2,(H,13,14). The first-order valence-corrected chi connectivity index (χ1v) is 7.86. The third kappa shape index (κ3) is 2.98. The fourth-order valence-electron chi connectivity index (χ4n) is 1.52. The van der Waals surface area contributed by atoms with Gasteiger partial charge >= 0.3 is 0 Å². The van der Waals surface area contributed by atoms with Crippen LogP contribution >= 0.6 is 15.9 Å². The van der Waals surface area contributed by atoms with Gasteiger partial charge in [0.1, 0.15) is 0 Å². The summed E-state index contributed by atoms with van der Waals surface area (Å²) in [7, 11) is -3.57. The lowest BCUT2D eigenvalue weighted by Crippen LogP contribution is -2.29. The van der Waals surface area contributed by atoms with Crippen LogP contribution in [0.2, 0.25) is 0 Å². The first-order valence-electron chi connectivity index (χ1n) is 5.26. The Morgan fingerprint density at radius 2 is 2.00 bits per heavy atom. The number of aromatic nitrogens is 2. The molecule has 7 heteroatoms.